The Labute approximate surface area is 112 Å². The molecule has 0 saturated carbocycles. The number of likely N-dealkylation sites (tertiary alicyclic amines) is 1. The van der Waals surface area contributed by atoms with E-state index in [1.165, 1.54) is 12.1 Å². The van der Waals surface area contributed by atoms with E-state index in [9.17, 15) is 14.3 Å². The van der Waals surface area contributed by atoms with Gasteiger partial charge in [-0.2, -0.15) is 0 Å². The fourth-order valence-electron chi connectivity index (χ4n) is 2.36. The van der Waals surface area contributed by atoms with Crippen LogP contribution in [0.2, 0.25) is 0 Å². The van der Waals surface area contributed by atoms with Crippen molar-refractivity contribution in [2.75, 3.05) is 18.4 Å². The van der Waals surface area contributed by atoms with Gasteiger partial charge in [0.05, 0.1) is 11.8 Å². The first-order chi connectivity index (χ1) is 9.11. The van der Waals surface area contributed by atoms with Gasteiger partial charge in [0.15, 0.2) is 0 Å². The van der Waals surface area contributed by atoms with E-state index in [0.717, 1.165) is 6.42 Å². The number of amides is 2. The summed E-state index contributed by atoms with van der Waals surface area (Å²) in [6.07, 6.45) is 1.05. The van der Waals surface area contributed by atoms with Crippen molar-refractivity contribution in [2.45, 2.75) is 25.9 Å². The third kappa shape index (κ3) is 3.23. The highest BCUT2D eigenvalue weighted by molar-refractivity contribution is 5.89. The molecule has 0 bridgehead atoms. The molecule has 19 heavy (non-hydrogen) atoms. The minimum Gasteiger partial charge on any atom is -0.393 e. The lowest BCUT2D eigenvalue weighted by Crippen LogP contribution is -2.47. The number of carbonyl (C=O) groups is 1. The smallest absolute Gasteiger partial charge is 0.321 e. The molecule has 5 heteroatoms. The molecular weight excluding hydrogens is 247 g/mol. The largest absolute Gasteiger partial charge is 0.393 e. The van der Waals surface area contributed by atoms with Crippen molar-refractivity contribution in [3.05, 3.63) is 30.1 Å². The minimum absolute atomic E-state index is 0.0973. The molecule has 2 atom stereocenters. The predicted molar refractivity (Wildman–Crippen MR) is 71.4 cm³/mol. The van der Waals surface area contributed by atoms with Gasteiger partial charge in [-0.25, -0.2) is 9.18 Å². The van der Waals surface area contributed by atoms with Crippen molar-refractivity contribution in [3.8, 4) is 0 Å². The Morgan fingerprint density at radius 2 is 2.26 bits per heavy atom. The Morgan fingerprint density at radius 3 is 2.95 bits per heavy atom. The number of rotatable bonds is 2. The van der Waals surface area contributed by atoms with Gasteiger partial charge in [-0.3, -0.25) is 0 Å². The maximum absolute atomic E-state index is 13.4. The van der Waals surface area contributed by atoms with E-state index in [2.05, 4.69) is 5.32 Å². The first-order valence-corrected chi connectivity index (χ1v) is 6.60. The van der Waals surface area contributed by atoms with Gasteiger partial charge in [-0.15, -0.1) is 0 Å². The van der Waals surface area contributed by atoms with Crippen LogP contribution < -0.4 is 5.32 Å². The number of aliphatic hydroxyl groups is 1. The highest BCUT2D eigenvalue weighted by Crippen LogP contribution is 2.21. The number of anilines is 1. The van der Waals surface area contributed by atoms with Crippen LogP contribution in [-0.2, 0) is 0 Å². The fourth-order valence-corrected chi connectivity index (χ4v) is 2.36. The van der Waals surface area contributed by atoms with Gasteiger partial charge in [0.25, 0.3) is 0 Å². The maximum atomic E-state index is 13.4. The SMILES string of the molecule is CCC1CN(C(=O)Nc2ccccc2F)CCC1O. The summed E-state index contributed by atoms with van der Waals surface area (Å²) >= 11 is 0. The Balaban J connectivity index is 1.99. The molecule has 1 aliphatic heterocycles. The molecule has 1 aromatic rings. The van der Waals surface area contributed by atoms with Crippen LogP contribution in [0, 0.1) is 11.7 Å². The van der Waals surface area contributed by atoms with E-state index in [4.69, 9.17) is 0 Å². The van der Waals surface area contributed by atoms with Crippen molar-refractivity contribution in [3.63, 3.8) is 0 Å². The fraction of sp³-hybridized carbons (Fsp3) is 0.500. The Hall–Kier alpha value is -1.62. The third-order valence-electron chi connectivity index (χ3n) is 3.62. The van der Waals surface area contributed by atoms with Crippen molar-refractivity contribution >= 4 is 11.7 Å². The van der Waals surface area contributed by atoms with Crippen LogP contribution >= 0.6 is 0 Å². The van der Waals surface area contributed by atoms with Gasteiger partial charge < -0.3 is 15.3 Å². The first kappa shape index (κ1) is 13.8. The lowest BCUT2D eigenvalue weighted by atomic mass is 9.93. The number of benzene rings is 1. The number of urea groups is 1. The number of aliphatic hydroxyl groups excluding tert-OH is 1. The lowest BCUT2D eigenvalue weighted by Gasteiger charge is -2.35. The van der Waals surface area contributed by atoms with Crippen LogP contribution in [0.15, 0.2) is 24.3 Å². The van der Waals surface area contributed by atoms with Gasteiger partial charge in [0, 0.05) is 19.0 Å². The van der Waals surface area contributed by atoms with Crippen molar-refractivity contribution in [1.29, 1.82) is 0 Å². The van der Waals surface area contributed by atoms with E-state index < -0.39 is 5.82 Å². The molecule has 0 aromatic heterocycles. The molecule has 2 amide bonds. The molecular formula is C14H19FN2O2. The Kier molecular flexibility index (Phi) is 4.37. The van der Waals surface area contributed by atoms with Gasteiger partial charge in [-0.1, -0.05) is 19.1 Å². The van der Waals surface area contributed by atoms with Crippen LogP contribution in [-0.4, -0.2) is 35.2 Å². The normalized spacial score (nSPS) is 23.2. The van der Waals surface area contributed by atoms with E-state index in [1.807, 2.05) is 6.92 Å². The Morgan fingerprint density at radius 1 is 1.53 bits per heavy atom. The predicted octanol–water partition coefficient (Wildman–Crippen LogP) is 2.45. The molecule has 1 aromatic carbocycles. The number of hydrogen-bond donors (Lipinski definition) is 2. The highest BCUT2D eigenvalue weighted by atomic mass is 19.1. The number of hydrogen-bond acceptors (Lipinski definition) is 2. The minimum atomic E-state index is -0.445. The molecule has 4 nitrogen and oxygen atoms in total. The van der Waals surface area contributed by atoms with Crippen LogP contribution in [0.5, 0.6) is 0 Å². The summed E-state index contributed by atoms with van der Waals surface area (Å²) in [5.41, 5.74) is 0.187. The second-order valence-electron chi connectivity index (χ2n) is 4.88. The quantitative estimate of drug-likeness (QED) is 0.864. The average molecular weight is 266 g/mol. The van der Waals surface area contributed by atoms with Gasteiger partial charge in [0.2, 0.25) is 0 Å². The summed E-state index contributed by atoms with van der Waals surface area (Å²) in [5, 5.41) is 12.4. The van der Waals surface area contributed by atoms with Gasteiger partial charge in [0.1, 0.15) is 5.82 Å². The monoisotopic (exact) mass is 266 g/mol. The first-order valence-electron chi connectivity index (χ1n) is 6.60. The molecule has 2 unspecified atom stereocenters. The molecule has 1 heterocycles. The van der Waals surface area contributed by atoms with Crippen LogP contribution in [0.3, 0.4) is 0 Å². The summed E-state index contributed by atoms with van der Waals surface area (Å²) in [5.74, 6) is -0.347. The summed E-state index contributed by atoms with van der Waals surface area (Å²) < 4.78 is 13.4. The zero-order valence-corrected chi connectivity index (χ0v) is 11.0. The number of carbonyl (C=O) groups excluding carboxylic acids is 1. The summed E-state index contributed by atoms with van der Waals surface area (Å²) in [6.45, 7) is 3.00. The van der Waals surface area contributed by atoms with E-state index in [-0.39, 0.29) is 23.7 Å². The number of halogens is 1. The number of para-hydroxylation sites is 1. The number of piperidine rings is 1. The second kappa shape index (κ2) is 6.02. The molecule has 1 aliphatic rings. The molecule has 0 spiro atoms. The summed E-state index contributed by atoms with van der Waals surface area (Å²) in [7, 11) is 0. The van der Waals surface area contributed by atoms with E-state index >= 15 is 0 Å². The lowest BCUT2D eigenvalue weighted by molar-refractivity contribution is 0.0405. The molecule has 1 saturated heterocycles. The van der Waals surface area contributed by atoms with E-state index in [1.54, 1.807) is 17.0 Å². The zero-order valence-electron chi connectivity index (χ0n) is 11.0. The van der Waals surface area contributed by atoms with Crippen LogP contribution in [0.25, 0.3) is 0 Å². The van der Waals surface area contributed by atoms with Crippen LogP contribution in [0.1, 0.15) is 19.8 Å². The standard InChI is InChI=1S/C14H19FN2O2/c1-2-10-9-17(8-7-13(10)18)14(19)16-12-6-4-3-5-11(12)15/h3-6,10,13,18H,2,7-9H2,1H3,(H,16,19). The highest BCUT2D eigenvalue weighted by Gasteiger charge is 2.29. The molecule has 104 valence electrons. The number of nitrogens with zero attached hydrogens (tertiary/aromatic N) is 1. The van der Waals surface area contributed by atoms with Gasteiger partial charge >= 0.3 is 6.03 Å². The van der Waals surface area contributed by atoms with E-state index in [0.29, 0.717) is 19.5 Å². The average Bonchev–Trinajstić information content (AvgIpc) is 2.42. The summed E-state index contributed by atoms with van der Waals surface area (Å²) in [4.78, 5) is 13.7. The van der Waals surface area contributed by atoms with Gasteiger partial charge in [-0.05, 0) is 25.0 Å². The molecule has 0 radical (unpaired) electrons. The molecule has 1 fully saturated rings. The molecule has 0 aliphatic carbocycles. The zero-order chi connectivity index (χ0) is 13.8. The summed E-state index contributed by atoms with van der Waals surface area (Å²) in [6, 6.07) is 5.78. The van der Waals surface area contributed by atoms with Crippen molar-refractivity contribution in [2.24, 2.45) is 5.92 Å². The third-order valence-corrected chi connectivity index (χ3v) is 3.62. The van der Waals surface area contributed by atoms with Crippen LogP contribution in [0.4, 0.5) is 14.9 Å². The molecule has 2 N–H and O–H groups in total. The second-order valence-corrected chi connectivity index (χ2v) is 4.88. The molecule has 2 rings (SSSR count). The van der Waals surface area contributed by atoms with Crippen molar-refractivity contribution < 1.29 is 14.3 Å². The topological polar surface area (TPSA) is 52.6 Å². The maximum Gasteiger partial charge on any atom is 0.321 e. The van der Waals surface area contributed by atoms with Crippen molar-refractivity contribution in [1.82, 2.24) is 4.90 Å². The number of nitrogens with one attached hydrogen (secondary N) is 1. The Bertz CT molecular complexity index is 453.